The first-order valence-electron chi connectivity index (χ1n) is 10.8. The number of nitrogens with one attached hydrogen (secondary N) is 1. The van der Waals surface area contributed by atoms with Crippen LogP contribution in [0.3, 0.4) is 0 Å². The Labute approximate surface area is 200 Å². The van der Waals surface area contributed by atoms with E-state index in [1.807, 2.05) is 0 Å². The van der Waals surface area contributed by atoms with Crippen molar-refractivity contribution in [3.05, 3.63) is 46.0 Å². The Morgan fingerprint density at radius 1 is 0.970 bits per heavy atom. The molecule has 0 aliphatic rings. The van der Waals surface area contributed by atoms with Crippen molar-refractivity contribution < 1.29 is 28.5 Å². The van der Waals surface area contributed by atoms with E-state index < -0.39 is 0 Å². The van der Waals surface area contributed by atoms with Crippen molar-refractivity contribution in [2.45, 2.75) is 33.6 Å². The Morgan fingerprint density at radius 2 is 1.61 bits per heavy atom. The molecule has 0 radical (unpaired) electrons. The summed E-state index contributed by atoms with van der Waals surface area (Å²) in [5.74, 6) is 1.91. The Morgan fingerprint density at radius 3 is 2.18 bits per heavy atom. The van der Waals surface area contributed by atoms with Gasteiger partial charge in [-0.2, -0.15) is 0 Å². The maximum atomic E-state index is 12.7. The Balaban J connectivity index is 2.12. The maximum Gasteiger partial charge on any atom is 0.251 e. The molecule has 2 aromatic rings. The summed E-state index contributed by atoms with van der Waals surface area (Å²) in [6, 6.07) is 6.57. The van der Waals surface area contributed by atoms with Gasteiger partial charge in [0.1, 0.15) is 0 Å². The number of hydrogen-bond donors (Lipinski definition) is 1. The third kappa shape index (κ3) is 7.02. The van der Waals surface area contributed by atoms with Gasteiger partial charge in [0.2, 0.25) is 0 Å². The van der Waals surface area contributed by atoms with Gasteiger partial charge >= 0.3 is 0 Å². The molecule has 0 aromatic heterocycles. The minimum Gasteiger partial charge on any atom is -0.493 e. The third-order valence-corrected chi connectivity index (χ3v) is 5.38. The first kappa shape index (κ1) is 26.3. The molecule has 2 aromatic carbocycles. The van der Waals surface area contributed by atoms with Gasteiger partial charge in [-0.1, -0.05) is 25.4 Å². The van der Waals surface area contributed by atoms with Crippen LogP contribution in [0.5, 0.6) is 23.0 Å². The predicted molar refractivity (Wildman–Crippen MR) is 129 cm³/mol. The fraction of sp³-hybridized carbons (Fsp3) is 0.440. The molecule has 0 saturated heterocycles. The number of ether oxygens (including phenoxy) is 4. The molecule has 0 spiro atoms. The minimum atomic E-state index is -0.311. The van der Waals surface area contributed by atoms with Crippen LogP contribution >= 0.6 is 11.6 Å². The van der Waals surface area contributed by atoms with Crippen LogP contribution in [-0.4, -0.2) is 46.2 Å². The average molecular weight is 478 g/mol. The molecular formula is C25H32ClNO6. The summed E-state index contributed by atoms with van der Waals surface area (Å²) in [5.41, 5.74) is 1.63. The van der Waals surface area contributed by atoms with E-state index in [-0.39, 0.29) is 11.7 Å². The highest BCUT2D eigenvalue weighted by atomic mass is 35.5. The van der Waals surface area contributed by atoms with Crippen LogP contribution in [0, 0.1) is 5.92 Å². The Hall–Kier alpha value is -2.93. The number of rotatable bonds is 12. The number of Topliss-reactive ketones (excluding diaryl/α,β-unsaturated/α-hetero) is 1. The molecule has 0 atom stereocenters. The van der Waals surface area contributed by atoms with Crippen LogP contribution in [0.4, 0.5) is 0 Å². The number of ketones is 1. The lowest BCUT2D eigenvalue weighted by Crippen LogP contribution is -2.26. The quantitative estimate of drug-likeness (QED) is 0.435. The van der Waals surface area contributed by atoms with Crippen LogP contribution in [0.1, 0.15) is 53.5 Å². The summed E-state index contributed by atoms with van der Waals surface area (Å²) in [6.07, 6.45) is 1.31. The number of halogens is 1. The summed E-state index contributed by atoms with van der Waals surface area (Å²) in [6.45, 7) is 6.51. The van der Waals surface area contributed by atoms with Gasteiger partial charge in [0.25, 0.3) is 5.91 Å². The second kappa shape index (κ2) is 12.3. The van der Waals surface area contributed by atoms with Gasteiger partial charge in [-0.25, -0.2) is 0 Å². The molecule has 0 bridgehead atoms. The number of carbonyl (C=O) groups is 2. The van der Waals surface area contributed by atoms with E-state index in [9.17, 15) is 9.59 Å². The summed E-state index contributed by atoms with van der Waals surface area (Å²) in [7, 11) is 4.55. The standard InChI is InChI=1S/C25H32ClNO6/c1-15(2)8-10-33-24-20(26)11-18(13-23(24)32-6)25(29)27-9-7-17-12-21(30-4)22(31-5)14-19(17)16(3)28/h11-15H,7-10H2,1-6H3,(H,27,29). The van der Waals surface area contributed by atoms with E-state index in [1.54, 1.807) is 24.3 Å². The highest BCUT2D eigenvalue weighted by Crippen LogP contribution is 2.36. The maximum absolute atomic E-state index is 12.7. The molecule has 7 nitrogen and oxygen atoms in total. The normalized spacial score (nSPS) is 10.7. The van der Waals surface area contributed by atoms with Crippen LogP contribution in [0.25, 0.3) is 0 Å². The lowest BCUT2D eigenvalue weighted by Gasteiger charge is -2.15. The van der Waals surface area contributed by atoms with Crippen LogP contribution in [0.2, 0.25) is 5.02 Å². The molecule has 0 aliphatic carbocycles. The van der Waals surface area contributed by atoms with E-state index in [4.69, 9.17) is 30.5 Å². The molecule has 0 unspecified atom stereocenters. The van der Waals surface area contributed by atoms with Gasteiger partial charge < -0.3 is 24.3 Å². The lowest BCUT2D eigenvalue weighted by atomic mass is 10.0. The molecule has 0 heterocycles. The SMILES string of the molecule is COc1cc(CCNC(=O)c2cc(Cl)c(OCCC(C)C)c(OC)c2)c(C(C)=O)cc1OC. The van der Waals surface area contributed by atoms with Crippen molar-refractivity contribution in [2.24, 2.45) is 5.92 Å². The van der Waals surface area contributed by atoms with E-state index in [2.05, 4.69) is 19.2 Å². The monoisotopic (exact) mass is 477 g/mol. The first-order chi connectivity index (χ1) is 15.7. The lowest BCUT2D eigenvalue weighted by molar-refractivity contribution is 0.0953. The number of hydrogen-bond acceptors (Lipinski definition) is 6. The predicted octanol–water partition coefficient (Wildman–Crippen LogP) is 4.97. The summed E-state index contributed by atoms with van der Waals surface area (Å²) < 4.78 is 21.8. The van der Waals surface area contributed by atoms with Gasteiger partial charge in [-0.05, 0) is 55.5 Å². The first-order valence-corrected chi connectivity index (χ1v) is 11.1. The van der Waals surface area contributed by atoms with Crippen molar-refractivity contribution in [1.29, 1.82) is 0 Å². The molecule has 33 heavy (non-hydrogen) atoms. The number of benzene rings is 2. The zero-order valence-corrected chi connectivity index (χ0v) is 20.8. The fourth-order valence-corrected chi connectivity index (χ4v) is 3.52. The van der Waals surface area contributed by atoms with Crippen LogP contribution < -0.4 is 24.3 Å². The average Bonchev–Trinajstić information content (AvgIpc) is 2.78. The smallest absolute Gasteiger partial charge is 0.251 e. The van der Waals surface area contributed by atoms with Gasteiger partial charge in [0.05, 0.1) is 33.0 Å². The van der Waals surface area contributed by atoms with E-state index >= 15 is 0 Å². The second-order valence-electron chi connectivity index (χ2n) is 7.95. The van der Waals surface area contributed by atoms with E-state index in [0.29, 0.717) is 64.6 Å². The third-order valence-electron chi connectivity index (χ3n) is 5.10. The largest absolute Gasteiger partial charge is 0.493 e. The highest BCUT2D eigenvalue weighted by Gasteiger charge is 2.17. The minimum absolute atomic E-state index is 0.0955. The van der Waals surface area contributed by atoms with Gasteiger partial charge in [-0.3, -0.25) is 9.59 Å². The zero-order chi connectivity index (χ0) is 24.5. The molecule has 8 heteroatoms. The molecule has 1 N–H and O–H groups in total. The molecule has 180 valence electrons. The summed E-state index contributed by atoms with van der Waals surface area (Å²) in [4.78, 5) is 24.8. The molecule has 0 saturated carbocycles. The van der Waals surface area contributed by atoms with E-state index in [0.717, 1.165) is 12.0 Å². The van der Waals surface area contributed by atoms with Crippen molar-refractivity contribution in [1.82, 2.24) is 5.32 Å². The molecule has 2 rings (SSSR count). The van der Waals surface area contributed by atoms with Gasteiger partial charge in [-0.15, -0.1) is 0 Å². The molecular weight excluding hydrogens is 446 g/mol. The van der Waals surface area contributed by atoms with E-state index in [1.165, 1.54) is 28.3 Å². The molecule has 0 aliphatic heterocycles. The Kier molecular flexibility index (Phi) is 9.85. The molecule has 1 amide bonds. The fourth-order valence-electron chi connectivity index (χ4n) is 3.26. The summed E-state index contributed by atoms with van der Waals surface area (Å²) in [5, 5.41) is 3.17. The van der Waals surface area contributed by atoms with Crippen LogP contribution in [0.15, 0.2) is 24.3 Å². The van der Waals surface area contributed by atoms with Crippen molar-refractivity contribution in [2.75, 3.05) is 34.5 Å². The Bertz CT molecular complexity index is 989. The van der Waals surface area contributed by atoms with Gasteiger partial charge in [0.15, 0.2) is 28.8 Å². The second-order valence-corrected chi connectivity index (χ2v) is 8.35. The topological polar surface area (TPSA) is 83.1 Å². The van der Waals surface area contributed by atoms with Crippen LogP contribution in [-0.2, 0) is 6.42 Å². The number of carbonyl (C=O) groups excluding carboxylic acids is 2. The summed E-state index contributed by atoms with van der Waals surface area (Å²) >= 11 is 6.37. The van der Waals surface area contributed by atoms with Crippen molar-refractivity contribution in [3.8, 4) is 23.0 Å². The van der Waals surface area contributed by atoms with Gasteiger partial charge in [0, 0.05) is 17.7 Å². The number of methoxy groups -OCH3 is 3. The highest BCUT2D eigenvalue weighted by molar-refractivity contribution is 6.32. The van der Waals surface area contributed by atoms with Crippen molar-refractivity contribution >= 4 is 23.3 Å². The zero-order valence-electron chi connectivity index (χ0n) is 20.0. The van der Waals surface area contributed by atoms with Crippen molar-refractivity contribution in [3.63, 3.8) is 0 Å². The molecule has 0 fully saturated rings. The number of amides is 1.